The van der Waals surface area contributed by atoms with Gasteiger partial charge in [-0.1, -0.05) is 145 Å². The van der Waals surface area contributed by atoms with E-state index in [-0.39, 0.29) is 0 Å². The minimum Gasteiger partial charge on any atom is -0.266 e. The number of hydrogen-bond acceptors (Lipinski definition) is 2. The van der Waals surface area contributed by atoms with Crippen molar-refractivity contribution in [2.45, 2.75) is 0 Å². The molecule has 0 spiro atoms. The van der Waals surface area contributed by atoms with Gasteiger partial charge in [-0.3, -0.25) is 9.34 Å². The van der Waals surface area contributed by atoms with Gasteiger partial charge in [0, 0.05) is 47.4 Å². The maximum absolute atomic E-state index is 6.58. The second-order valence-corrected chi connectivity index (χ2v) is 17.1. The van der Waals surface area contributed by atoms with E-state index in [1.165, 1.54) is 21.2 Å². The molecule has 0 saturated carbocycles. The van der Waals surface area contributed by atoms with Crippen LogP contribution in [0.25, 0.3) is 0 Å². The Labute approximate surface area is 213 Å². The maximum Gasteiger partial charge on any atom is 0.0710 e. The molecule has 0 unspecified atom stereocenters. The summed E-state index contributed by atoms with van der Waals surface area (Å²) in [5.74, 6) is 0. The van der Waals surface area contributed by atoms with Crippen LogP contribution in [0.2, 0.25) is 0 Å². The van der Waals surface area contributed by atoms with E-state index in [1.54, 1.807) is 0 Å². The first-order valence-corrected chi connectivity index (χ1v) is 17.1. The summed E-state index contributed by atoms with van der Waals surface area (Å²) in [6.07, 6.45) is -4.21. The van der Waals surface area contributed by atoms with Crippen LogP contribution in [0.15, 0.2) is 121 Å². The van der Waals surface area contributed by atoms with Crippen LogP contribution in [0.4, 0.5) is 0 Å². The fourth-order valence-corrected chi connectivity index (χ4v) is 12.9. The van der Waals surface area contributed by atoms with Crippen molar-refractivity contribution in [3.05, 3.63) is 121 Å². The number of hydrogen-bond donors (Lipinski definition) is 0. The largest absolute Gasteiger partial charge is 0.266 e. The molecule has 0 aromatic heterocycles. The van der Waals surface area contributed by atoms with Crippen molar-refractivity contribution in [1.82, 2.24) is 9.34 Å². The third-order valence-electron chi connectivity index (χ3n) is 6.45. The van der Waals surface area contributed by atoms with Crippen LogP contribution in [-0.2, 0) is 23.6 Å². The first-order valence-electron chi connectivity index (χ1n) is 11.6. The molecule has 4 aromatic rings. The third kappa shape index (κ3) is 4.40. The van der Waals surface area contributed by atoms with Crippen LogP contribution in [0.3, 0.4) is 0 Å². The summed E-state index contributed by atoms with van der Waals surface area (Å²) in [4.78, 5) is 0. The second-order valence-electron chi connectivity index (χ2n) is 8.40. The van der Waals surface area contributed by atoms with Gasteiger partial charge in [-0.05, 0) is 0 Å². The highest BCUT2D eigenvalue weighted by atomic mass is 32.4. The number of nitrogens with zero attached hydrogens (tertiary/aromatic N) is 2. The fourth-order valence-electron chi connectivity index (χ4n) is 4.72. The molecule has 0 bridgehead atoms. The smallest absolute Gasteiger partial charge is 0.0710 e. The van der Waals surface area contributed by atoms with Crippen LogP contribution < -0.4 is 21.2 Å². The van der Waals surface area contributed by atoms with Gasteiger partial charge < -0.3 is 0 Å². The Bertz CT molecular complexity index is 1120. The van der Waals surface area contributed by atoms with Crippen molar-refractivity contribution in [2.75, 3.05) is 26.2 Å². The van der Waals surface area contributed by atoms with Crippen LogP contribution in [-0.4, -0.2) is 35.5 Å². The van der Waals surface area contributed by atoms with E-state index in [0.29, 0.717) is 0 Å². The summed E-state index contributed by atoms with van der Waals surface area (Å²) in [5.41, 5.74) is 0. The van der Waals surface area contributed by atoms with Crippen molar-refractivity contribution in [3.8, 4) is 0 Å². The lowest BCUT2D eigenvalue weighted by atomic mass is 10.4. The SMILES string of the molecule is S=P(c1ccccc1)(c1ccccc1)N1CCN(P(=S)(c2ccccc2)c2ccccc2)CC1. The van der Waals surface area contributed by atoms with E-state index in [0.717, 1.165) is 26.2 Å². The average Bonchev–Trinajstić information content (AvgIpc) is 2.94. The third-order valence-corrected chi connectivity index (χ3v) is 16.8. The summed E-state index contributed by atoms with van der Waals surface area (Å²) in [5, 5.41) is 5.04. The molecular weight excluding hydrogens is 490 g/mol. The normalized spacial score (nSPS) is 15.8. The van der Waals surface area contributed by atoms with Crippen LogP contribution in [0.5, 0.6) is 0 Å². The van der Waals surface area contributed by atoms with Gasteiger partial charge >= 0.3 is 0 Å². The highest BCUT2D eigenvalue weighted by Gasteiger charge is 2.37. The minimum absolute atomic E-state index is 0.916. The van der Waals surface area contributed by atoms with E-state index in [1.807, 2.05) is 0 Å². The molecule has 1 saturated heterocycles. The van der Waals surface area contributed by atoms with E-state index in [2.05, 4.69) is 131 Å². The standard InChI is InChI=1S/C28H28N2P2S2/c33-31(25-13-5-1-6-14-25,26-15-7-2-8-16-26)29-21-23-30(24-22-29)32(34,27-17-9-3-10-18-27)28-19-11-4-12-20-28/h1-20H,21-24H2. The highest BCUT2D eigenvalue weighted by Crippen LogP contribution is 2.52. The quantitative estimate of drug-likeness (QED) is 0.342. The van der Waals surface area contributed by atoms with E-state index >= 15 is 0 Å². The Morgan fingerprint density at radius 1 is 0.382 bits per heavy atom. The average molecular weight is 519 g/mol. The van der Waals surface area contributed by atoms with Gasteiger partial charge in [0.1, 0.15) is 0 Å². The highest BCUT2D eigenvalue weighted by molar-refractivity contribution is 8.21. The molecule has 1 aliphatic rings. The van der Waals surface area contributed by atoms with Gasteiger partial charge in [0.25, 0.3) is 0 Å². The predicted octanol–water partition coefficient (Wildman–Crippen LogP) is 4.70. The van der Waals surface area contributed by atoms with Gasteiger partial charge in [0.2, 0.25) is 0 Å². The summed E-state index contributed by atoms with van der Waals surface area (Å²) in [6.45, 7) is 3.66. The molecule has 0 aliphatic carbocycles. The van der Waals surface area contributed by atoms with Gasteiger partial charge in [-0.15, -0.1) is 0 Å². The van der Waals surface area contributed by atoms with Crippen molar-refractivity contribution < 1.29 is 0 Å². The lowest BCUT2D eigenvalue weighted by Crippen LogP contribution is -2.48. The summed E-state index contributed by atoms with van der Waals surface area (Å²) < 4.78 is 5.14. The molecule has 0 radical (unpaired) electrons. The zero-order valence-electron chi connectivity index (χ0n) is 19.0. The topological polar surface area (TPSA) is 6.48 Å². The monoisotopic (exact) mass is 518 g/mol. The molecule has 2 nitrogen and oxygen atoms in total. The Morgan fingerprint density at radius 3 is 0.794 bits per heavy atom. The Hall–Kier alpha value is -1.90. The van der Waals surface area contributed by atoms with Gasteiger partial charge in [-0.2, -0.15) is 0 Å². The molecule has 6 heteroatoms. The van der Waals surface area contributed by atoms with E-state index in [9.17, 15) is 0 Å². The van der Waals surface area contributed by atoms with Crippen molar-refractivity contribution in [1.29, 1.82) is 0 Å². The molecule has 4 aromatic carbocycles. The molecule has 5 rings (SSSR count). The Kier molecular flexibility index (Phi) is 7.27. The van der Waals surface area contributed by atoms with Crippen molar-refractivity contribution in [2.24, 2.45) is 0 Å². The zero-order chi connectivity index (χ0) is 23.4. The van der Waals surface area contributed by atoms with Gasteiger partial charge in [-0.25, -0.2) is 0 Å². The molecule has 0 atom stereocenters. The summed E-state index contributed by atoms with van der Waals surface area (Å²) in [7, 11) is 0. The maximum atomic E-state index is 6.58. The predicted molar refractivity (Wildman–Crippen MR) is 156 cm³/mol. The second kappa shape index (κ2) is 10.4. The molecule has 1 heterocycles. The summed E-state index contributed by atoms with van der Waals surface area (Å²) in [6, 6.07) is 42.8. The lowest BCUT2D eigenvalue weighted by Gasteiger charge is -2.45. The summed E-state index contributed by atoms with van der Waals surface area (Å²) >= 11 is 13.2. The Balaban J connectivity index is 1.49. The Morgan fingerprint density at radius 2 is 0.588 bits per heavy atom. The lowest BCUT2D eigenvalue weighted by molar-refractivity contribution is 0.298. The first kappa shape index (κ1) is 23.8. The molecule has 1 fully saturated rings. The van der Waals surface area contributed by atoms with Crippen molar-refractivity contribution in [3.63, 3.8) is 0 Å². The van der Waals surface area contributed by atoms with Crippen LogP contribution in [0.1, 0.15) is 0 Å². The molecular formula is C28H28N2P2S2. The number of piperazine rings is 1. The van der Waals surface area contributed by atoms with E-state index < -0.39 is 12.4 Å². The van der Waals surface area contributed by atoms with Gasteiger partial charge in [0.05, 0.1) is 12.4 Å². The fraction of sp³-hybridized carbons (Fsp3) is 0.143. The van der Waals surface area contributed by atoms with Crippen LogP contribution in [0, 0.1) is 0 Å². The molecule has 0 amide bonds. The van der Waals surface area contributed by atoms with Crippen LogP contribution >= 0.6 is 12.4 Å². The molecule has 1 aliphatic heterocycles. The van der Waals surface area contributed by atoms with Crippen molar-refractivity contribution >= 4 is 57.2 Å². The minimum atomic E-state index is -2.10. The molecule has 172 valence electrons. The first-order chi connectivity index (χ1) is 16.6. The van der Waals surface area contributed by atoms with E-state index in [4.69, 9.17) is 23.6 Å². The molecule has 34 heavy (non-hydrogen) atoms. The zero-order valence-corrected chi connectivity index (χ0v) is 22.4. The number of rotatable bonds is 6. The van der Waals surface area contributed by atoms with Gasteiger partial charge in [0.15, 0.2) is 0 Å². The number of benzene rings is 4. The molecule has 0 N–H and O–H groups in total.